The van der Waals surface area contributed by atoms with Gasteiger partial charge in [0.15, 0.2) is 0 Å². The maximum Gasteiger partial charge on any atom is 0.241 e. The van der Waals surface area contributed by atoms with Crippen LogP contribution < -0.4 is 10.0 Å². The first-order valence-electron chi connectivity index (χ1n) is 5.88. The summed E-state index contributed by atoms with van der Waals surface area (Å²) in [5.74, 6) is 0. The van der Waals surface area contributed by atoms with Crippen molar-refractivity contribution < 1.29 is 8.42 Å². The largest absolute Gasteiger partial charge is 0.316 e. The van der Waals surface area contributed by atoms with Gasteiger partial charge in [-0.1, -0.05) is 24.3 Å². The van der Waals surface area contributed by atoms with E-state index in [4.69, 9.17) is 0 Å². The van der Waals surface area contributed by atoms with Gasteiger partial charge in [0.2, 0.25) is 10.0 Å². The van der Waals surface area contributed by atoms with Crippen LogP contribution in [0, 0.1) is 0 Å². The van der Waals surface area contributed by atoms with Gasteiger partial charge in [0.1, 0.15) is 0 Å². The number of rotatable bonds is 6. The molecule has 2 aromatic rings. The number of thiophene rings is 1. The molecule has 0 aliphatic rings. The summed E-state index contributed by atoms with van der Waals surface area (Å²) in [5, 5.41) is 4.91. The lowest BCUT2D eigenvalue weighted by Gasteiger charge is -2.10. The molecule has 0 aliphatic heterocycles. The van der Waals surface area contributed by atoms with Crippen molar-refractivity contribution in [3.8, 4) is 0 Å². The maximum atomic E-state index is 12.3. The Morgan fingerprint density at radius 1 is 1.11 bits per heavy atom. The van der Waals surface area contributed by atoms with Crippen LogP contribution in [0.4, 0.5) is 0 Å². The Morgan fingerprint density at radius 2 is 1.89 bits per heavy atom. The molecular formula is C13H16N2O2S2. The molecule has 0 atom stereocenters. The van der Waals surface area contributed by atoms with E-state index in [0.717, 1.165) is 10.4 Å². The van der Waals surface area contributed by atoms with Gasteiger partial charge in [-0.25, -0.2) is 13.1 Å². The van der Waals surface area contributed by atoms with Gasteiger partial charge in [-0.05, 0) is 30.1 Å². The third kappa shape index (κ3) is 3.63. The molecule has 0 bridgehead atoms. The maximum absolute atomic E-state index is 12.3. The quantitative estimate of drug-likeness (QED) is 0.856. The molecule has 4 nitrogen and oxygen atoms in total. The van der Waals surface area contributed by atoms with Crippen LogP contribution >= 0.6 is 11.3 Å². The third-order valence-corrected chi connectivity index (χ3v) is 5.02. The van der Waals surface area contributed by atoms with Crippen molar-refractivity contribution >= 4 is 21.4 Å². The third-order valence-electron chi connectivity index (χ3n) is 2.65. The minimum absolute atomic E-state index is 0.327. The van der Waals surface area contributed by atoms with Crippen LogP contribution in [-0.2, 0) is 23.1 Å². The second-order valence-electron chi connectivity index (χ2n) is 4.04. The van der Waals surface area contributed by atoms with Gasteiger partial charge in [-0.15, -0.1) is 11.3 Å². The number of nitrogens with one attached hydrogen (secondary N) is 2. The van der Waals surface area contributed by atoms with Crippen LogP contribution in [0.15, 0.2) is 46.7 Å². The molecule has 1 aromatic carbocycles. The van der Waals surface area contributed by atoms with E-state index < -0.39 is 10.0 Å². The predicted octanol–water partition coefficient (Wildman–Crippen LogP) is 1.95. The van der Waals surface area contributed by atoms with Crippen molar-refractivity contribution in [3.05, 3.63) is 52.2 Å². The number of hydrogen-bond acceptors (Lipinski definition) is 4. The second kappa shape index (κ2) is 6.29. The lowest BCUT2D eigenvalue weighted by atomic mass is 10.2. The Labute approximate surface area is 117 Å². The first kappa shape index (κ1) is 14.2. The van der Waals surface area contributed by atoms with Crippen LogP contribution in [-0.4, -0.2) is 15.5 Å². The molecule has 2 N–H and O–H groups in total. The Bertz CT molecular complexity index is 622. The molecule has 0 fully saturated rings. The molecule has 0 unspecified atom stereocenters. The van der Waals surface area contributed by atoms with Crippen molar-refractivity contribution in [1.82, 2.24) is 10.0 Å². The van der Waals surface area contributed by atoms with Gasteiger partial charge in [-0.3, -0.25) is 0 Å². The molecule has 0 saturated heterocycles. The number of hydrogen-bond donors (Lipinski definition) is 2. The Balaban J connectivity index is 2.19. The molecule has 2 rings (SSSR count). The van der Waals surface area contributed by atoms with Gasteiger partial charge in [0.05, 0.1) is 4.90 Å². The average molecular weight is 296 g/mol. The van der Waals surface area contributed by atoms with E-state index >= 15 is 0 Å². The smallest absolute Gasteiger partial charge is 0.241 e. The normalized spacial score (nSPS) is 11.6. The summed E-state index contributed by atoms with van der Waals surface area (Å²) in [7, 11) is -1.68. The average Bonchev–Trinajstić information content (AvgIpc) is 2.91. The first-order chi connectivity index (χ1) is 9.13. The highest BCUT2D eigenvalue weighted by molar-refractivity contribution is 7.89. The summed E-state index contributed by atoms with van der Waals surface area (Å²) >= 11 is 1.53. The molecule has 102 valence electrons. The molecule has 0 saturated carbocycles. The van der Waals surface area contributed by atoms with Crippen LogP contribution in [0.3, 0.4) is 0 Å². The van der Waals surface area contributed by atoms with E-state index in [9.17, 15) is 8.42 Å². The molecular weight excluding hydrogens is 280 g/mol. The zero-order chi connectivity index (χ0) is 13.7. The molecule has 0 radical (unpaired) electrons. The van der Waals surface area contributed by atoms with E-state index in [2.05, 4.69) is 10.0 Å². The summed E-state index contributed by atoms with van der Waals surface area (Å²) in [5.41, 5.74) is 0.767. The van der Waals surface area contributed by atoms with E-state index in [-0.39, 0.29) is 0 Å². The fraction of sp³-hybridized carbons (Fsp3) is 0.231. The fourth-order valence-corrected chi connectivity index (χ4v) is 3.74. The highest BCUT2D eigenvalue weighted by Gasteiger charge is 2.17. The summed E-state index contributed by atoms with van der Waals surface area (Å²) < 4.78 is 27.2. The summed E-state index contributed by atoms with van der Waals surface area (Å²) in [4.78, 5) is 1.33. The minimum Gasteiger partial charge on any atom is -0.316 e. The summed E-state index contributed by atoms with van der Waals surface area (Å²) in [6.07, 6.45) is 0. The highest BCUT2D eigenvalue weighted by atomic mass is 32.2. The van der Waals surface area contributed by atoms with E-state index in [1.165, 1.54) is 11.3 Å². The summed E-state index contributed by atoms with van der Waals surface area (Å²) in [6.45, 7) is 0.851. The SMILES string of the molecule is CNCc1ccccc1S(=O)(=O)NCc1cccs1. The van der Waals surface area contributed by atoms with Crippen LogP contribution in [0.2, 0.25) is 0 Å². The Kier molecular flexibility index (Phi) is 4.71. The molecule has 1 heterocycles. The highest BCUT2D eigenvalue weighted by Crippen LogP contribution is 2.16. The minimum atomic E-state index is -3.47. The molecule has 0 aliphatic carbocycles. The first-order valence-corrected chi connectivity index (χ1v) is 8.24. The van der Waals surface area contributed by atoms with E-state index in [1.54, 1.807) is 19.2 Å². The zero-order valence-electron chi connectivity index (χ0n) is 10.6. The van der Waals surface area contributed by atoms with Crippen LogP contribution in [0.1, 0.15) is 10.4 Å². The van der Waals surface area contributed by atoms with Crippen molar-refractivity contribution in [2.45, 2.75) is 18.0 Å². The topological polar surface area (TPSA) is 58.2 Å². The predicted molar refractivity (Wildman–Crippen MR) is 77.6 cm³/mol. The second-order valence-corrected chi connectivity index (χ2v) is 6.81. The van der Waals surface area contributed by atoms with Crippen molar-refractivity contribution in [1.29, 1.82) is 0 Å². The van der Waals surface area contributed by atoms with Crippen LogP contribution in [0.25, 0.3) is 0 Å². The van der Waals surface area contributed by atoms with Gasteiger partial charge < -0.3 is 5.32 Å². The molecule has 6 heteroatoms. The van der Waals surface area contributed by atoms with Gasteiger partial charge in [0, 0.05) is 18.0 Å². The Morgan fingerprint density at radius 3 is 2.58 bits per heavy atom. The van der Waals surface area contributed by atoms with E-state index in [0.29, 0.717) is 18.0 Å². The number of benzene rings is 1. The van der Waals surface area contributed by atoms with Gasteiger partial charge in [0.25, 0.3) is 0 Å². The molecule has 1 aromatic heterocycles. The van der Waals surface area contributed by atoms with Gasteiger partial charge in [-0.2, -0.15) is 0 Å². The van der Waals surface area contributed by atoms with Crippen molar-refractivity contribution in [2.75, 3.05) is 7.05 Å². The summed E-state index contributed by atoms with van der Waals surface area (Å²) in [6, 6.07) is 10.8. The number of sulfonamides is 1. The molecule has 0 amide bonds. The zero-order valence-corrected chi connectivity index (χ0v) is 12.2. The van der Waals surface area contributed by atoms with Gasteiger partial charge >= 0.3 is 0 Å². The van der Waals surface area contributed by atoms with E-state index in [1.807, 2.05) is 29.6 Å². The lowest BCUT2D eigenvalue weighted by Crippen LogP contribution is -2.24. The fourth-order valence-electron chi connectivity index (χ4n) is 1.76. The van der Waals surface area contributed by atoms with Crippen LogP contribution in [0.5, 0.6) is 0 Å². The standard InChI is InChI=1S/C13H16N2O2S2/c1-14-9-11-5-2-3-7-13(11)19(16,17)15-10-12-6-4-8-18-12/h2-8,14-15H,9-10H2,1H3. The van der Waals surface area contributed by atoms with Crippen molar-refractivity contribution in [3.63, 3.8) is 0 Å². The molecule has 19 heavy (non-hydrogen) atoms. The monoisotopic (exact) mass is 296 g/mol. The molecule has 0 spiro atoms. The lowest BCUT2D eigenvalue weighted by molar-refractivity contribution is 0.580. The Hall–Kier alpha value is -1.21. The van der Waals surface area contributed by atoms with Crippen molar-refractivity contribution in [2.24, 2.45) is 0 Å².